The third-order valence-corrected chi connectivity index (χ3v) is 2.49. The third-order valence-electron chi connectivity index (χ3n) is 2.12. The number of halogens is 5. The van der Waals surface area contributed by atoms with Crippen molar-refractivity contribution in [1.82, 2.24) is 0 Å². The van der Waals surface area contributed by atoms with E-state index < -0.39 is 40.9 Å². The van der Waals surface area contributed by atoms with Crippen LogP contribution in [-0.2, 0) is 9.53 Å². The molecule has 1 rings (SSSR count). The molecule has 0 aromatic heterocycles. The van der Waals surface area contributed by atoms with Gasteiger partial charge in [-0.05, 0) is 12.1 Å². The van der Waals surface area contributed by atoms with Gasteiger partial charge in [0, 0.05) is 0 Å². The molecule has 1 N–H and O–H groups in total. The van der Waals surface area contributed by atoms with E-state index in [1.807, 2.05) is 5.32 Å². The Kier molecular flexibility index (Phi) is 4.93. The van der Waals surface area contributed by atoms with Crippen LogP contribution in [0.15, 0.2) is 12.1 Å². The number of ether oxygens (including phenoxy) is 1. The lowest BCUT2D eigenvalue weighted by Crippen LogP contribution is -2.22. The molecule has 1 aromatic rings. The van der Waals surface area contributed by atoms with Crippen LogP contribution in [0.1, 0.15) is 16.8 Å². The summed E-state index contributed by atoms with van der Waals surface area (Å²) in [5.41, 5.74) is -0.915. The van der Waals surface area contributed by atoms with Crippen LogP contribution in [0, 0.1) is 5.82 Å². The third kappa shape index (κ3) is 4.09. The number of carbonyl (C=O) groups excluding carboxylic acids is 2. The number of alkyl halides is 3. The van der Waals surface area contributed by atoms with Gasteiger partial charge in [0.15, 0.2) is 0 Å². The van der Waals surface area contributed by atoms with Gasteiger partial charge in [-0.3, -0.25) is 4.79 Å². The van der Waals surface area contributed by atoms with Gasteiger partial charge < -0.3 is 10.1 Å². The van der Waals surface area contributed by atoms with E-state index in [0.29, 0.717) is 0 Å². The summed E-state index contributed by atoms with van der Waals surface area (Å²) in [6.07, 6.45) is -6.46. The second-order valence-corrected chi connectivity index (χ2v) is 3.99. The summed E-state index contributed by atoms with van der Waals surface area (Å²) >= 11 is 5.54. The molecule has 0 unspecified atom stereocenters. The molecule has 20 heavy (non-hydrogen) atoms. The zero-order valence-corrected chi connectivity index (χ0v) is 10.7. The fourth-order valence-corrected chi connectivity index (χ4v) is 1.57. The Morgan fingerprint density at radius 2 is 1.95 bits per heavy atom. The molecular weight excluding hydrogens is 306 g/mol. The van der Waals surface area contributed by atoms with Gasteiger partial charge in [0.1, 0.15) is 17.8 Å². The zero-order chi connectivity index (χ0) is 15.5. The van der Waals surface area contributed by atoms with Crippen molar-refractivity contribution in [3.63, 3.8) is 0 Å². The maximum absolute atomic E-state index is 13.2. The molecule has 0 saturated heterocycles. The molecule has 0 aliphatic rings. The summed E-state index contributed by atoms with van der Waals surface area (Å²) in [6, 6.07) is 1.72. The van der Waals surface area contributed by atoms with E-state index in [0.717, 1.165) is 19.2 Å². The van der Waals surface area contributed by atoms with Crippen molar-refractivity contribution in [2.75, 3.05) is 12.4 Å². The number of esters is 1. The highest BCUT2D eigenvalue weighted by Gasteiger charge is 2.32. The average Bonchev–Trinajstić information content (AvgIpc) is 2.31. The van der Waals surface area contributed by atoms with Gasteiger partial charge in [-0.25, -0.2) is 9.18 Å². The topological polar surface area (TPSA) is 55.4 Å². The number of amides is 1. The van der Waals surface area contributed by atoms with E-state index in [2.05, 4.69) is 4.74 Å². The van der Waals surface area contributed by atoms with Crippen LogP contribution in [0.25, 0.3) is 0 Å². The summed E-state index contributed by atoms with van der Waals surface area (Å²) < 4.78 is 53.7. The Labute approximate surface area is 115 Å². The number of hydrogen-bond acceptors (Lipinski definition) is 3. The van der Waals surface area contributed by atoms with Crippen LogP contribution in [0.2, 0.25) is 5.02 Å². The van der Waals surface area contributed by atoms with E-state index in [9.17, 15) is 27.2 Å². The van der Waals surface area contributed by atoms with Gasteiger partial charge in [-0.15, -0.1) is 0 Å². The van der Waals surface area contributed by atoms with Crippen LogP contribution in [0.3, 0.4) is 0 Å². The number of hydrogen-bond donors (Lipinski definition) is 1. The van der Waals surface area contributed by atoms with Crippen molar-refractivity contribution >= 4 is 29.2 Å². The quantitative estimate of drug-likeness (QED) is 0.689. The van der Waals surface area contributed by atoms with Crippen LogP contribution in [-0.4, -0.2) is 25.2 Å². The summed E-state index contributed by atoms with van der Waals surface area (Å²) in [5.74, 6) is -3.47. The van der Waals surface area contributed by atoms with Crippen molar-refractivity contribution in [2.45, 2.75) is 12.6 Å². The van der Waals surface area contributed by atoms with Crippen LogP contribution in [0.5, 0.6) is 0 Å². The fourth-order valence-electron chi connectivity index (χ4n) is 1.33. The highest BCUT2D eigenvalue weighted by atomic mass is 35.5. The first-order valence-electron chi connectivity index (χ1n) is 5.08. The standard InChI is InChI=1S/C11H8ClF4NO3/c1-20-10(19)8-6(3-2-5(13)9(8)12)17-7(18)4-11(14,15)16/h2-3H,4H2,1H3,(H,17,18). The van der Waals surface area contributed by atoms with Crippen molar-refractivity contribution in [1.29, 1.82) is 0 Å². The molecule has 0 fully saturated rings. The predicted octanol–water partition coefficient (Wildman–Crippen LogP) is 3.16. The Balaban J connectivity index is 3.10. The number of carbonyl (C=O) groups is 2. The molecule has 4 nitrogen and oxygen atoms in total. The van der Waals surface area contributed by atoms with Crippen LogP contribution < -0.4 is 5.32 Å². The van der Waals surface area contributed by atoms with Crippen LogP contribution in [0.4, 0.5) is 23.2 Å². The first-order chi connectivity index (χ1) is 9.15. The molecule has 1 amide bonds. The van der Waals surface area contributed by atoms with E-state index in [4.69, 9.17) is 11.6 Å². The smallest absolute Gasteiger partial charge is 0.397 e. The second-order valence-electron chi connectivity index (χ2n) is 3.62. The van der Waals surface area contributed by atoms with Gasteiger partial charge in [-0.2, -0.15) is 13.2 Å². The van der Waals surface area contributed by atoms with Gasteiger partial charge in [-0.1, -0.05) is 11.6 Å². The number of anilines is 1. The lowest BCUT2D eigenvalue weighted by Gasteiger charge is -2.12. The maximum Gasteiger partial charge on any atom is 0.397 e. The molecular formula is C11H8ClF4NO3. The predicted molar refractivity (Wildman–Crippen MR) is 62.1 cm³/mol. The van der Waals surface area contributed by atoms with Gasteiger partial charge in [0.25, 0.3) is 0 Å². The number of rotatable bonds is 3. The zero-order valence-electron chi connectivity index (χ0n) is 9.98. The van der Waals surface area contributed by atoms with E-state index in [1.165, 1.54) is 0 Å². The monoisotopic (exact) mass is 313 g/mol. The van der Waals surface area contributed by atoms with Gasteiger partial charge in [0.2, 0.25) is 5.91 Å². The summed E-state index contributed by atoms with van der Waals surface area (Å²) in [4.78, 5) is 22.6. The van der Waals surface area contributed by atoms with Gasteiger partial charge >= 0.3 is 12.1 Å². The molecule has 0 spiro atoms. The Hall–Kier alpha value is -1.83. The lowest BCUT2D eigenvalue weighted by molar-refractivity contribution is -0.150. The molecule has 0 radical (unpaired) electrons. The summed E-state index contributed by atoms with van der Waals surface area (Å²) in [5, 5.41) is 1.19. The first kappa shape index (κ1) is 16.2. The molecule has 0 aliphatic heterocycles. The largest absolute Gasteiger partial charge is 0.465 e. The summed E-state index contributed by atoms with van der Waals surface area (Å²) in [7, 11) is 0.977. The van der Waals surface area contributed by atoms with Gasteiger partial charge in [0.05, 0.1) is 17.8 Å². The number of benzene rings is 1. The Morgan fingerprint density at radius 3 is 2.45 bits per heavy atom. The van der Waals surface area contributed by atoms with Crippen molar-refractivity contribution < 1.29 is 31.9 Å². The molecule has 1 aromatic carbocycles. The van der Waals surface area contributed by atoms with Crippen molar-refractivity contribution in [3.05, 3.63) is 28.5 Å². The normalized spacial score (nSPS) is 11.1. The van der Waals surface area contributed by atoms with E-state index in [-0.39, 0.29) is 5.69 Å². The highest BCUT2D eigenvalue weighted by molar-refractivity contribution is 6.34. The minimum absolute atomic E-state index is 0.363. The number of nitrogens with one attached hydrogen (secondary N) is 1. The minimum atomic E-state index is -4.71. The first-order valence-corrected chi connectivity index (χ1v) is 5.46. The van der Waals surface area contributed by atoms with Crippen LogP contribution >= 0.6 is 11.6 Å². The molecule has 110 valence electrons. The molecule has 0 heterocycles. The second kappa shape index (κ2) is 6.08. The van der Waals surface area contributed by atoms with E-state index in [1.54, 1.807) is 0 Å². The van der Waals surface area contributed by atoms with Crippen molar-refractivity contribution in [2.24, 2.45) is 0 Å². The maximum atomic E-state index is 13.2. The fraction of sp³-hybridized carbons (Fsp3) is 0.273. The highest BCUT2D eigenvalue weighted by Crippen LogP contribution is 2.29. The Bertz CT molecular complexity index is 545. The SMILES string of the molecule is COC(=O)c1c(NC(=O)CC(F)(F)F)ccc(F)c1Cl. The molecule has 0 atom stereocenters. The molecule has 0 bridgehead atoms. The minimum Gasteiger partial charge on any atom is -0.465 e. The average molecular weight is 314 g/mol. The van der Waals surface area contributed by atoms with Crippen molar-refractivity contribution in [3.8, 4) is 0 Å². The molecule has 0 aliphatic carbocycles. The lowest BCUT2D eigenvalue weighted by atomic mass is 10.1. The molecule has 9 heteroatoms. The molecule has 0 saturated carbocycles. The number of methoxy groups -OCH3 is 1. The summed E-state index contributed by atoms with van der Waals surface area (Å²) in [6.45, 7) is 0. The Morgan fingerprint density at radius 1 is 1.35 bits per heavy atom. The van der Waals surface area contributed by atoms with E-state index >= 15 is 0 Å².